The number of anilines is 2. The first-order valence-electron chi connectivity index (χ1n) is 9.04. The molecule has 2 aromatic heterocycles. The Kier molecular flexibility index (Phi) is 6.04. The van der Waals surface area contributed by atoms with E-state index < -0.39 is 0 Å². The van der Waals surface area contributed by atoms with E-state index in [9.17, 15) is 0 Å². The van der Waals surface area contributed by atoms with Crippen LogP contribution in [0.15, 0.2) is 36.5 Å². The molecule has 4 rings (SSSR count). The molecule has 148 valence electrons. The third-order valence-corrected chi connectivity index (χ3v) is 5.10. The molecule has 0 saturated carbocycles. The summed E-state index contributed by atoms with van der Waals surface area (Å²) in [6.07, 6.45) is 3.89. The summed E-state index contributed by atoms with van der Waals surface area (Å²) in [4.78, 5) is 15.9. The minimum Gasteiger partial charge on any atom is -0.493 e. The van der Waals surface area contributed by atoms with Gasteiger partial charge in [0.2, 0.25) is 5.95 Å². The quantitative estimate of drug-likeness (QED) is 0.716. The molecule has 0 radical (unpaired) electrons. The minimum absolute atomic E-state index is 0. The van der Waals surface area contributed by atoms with Crippen LogP contribution in [0, 0.1) is 0 Å². The van der Waals surface area contributed by atoms with Crippen LogP contribution in [-0.4, -0.2) is 42.3 Å². The molecular formula is C20H24ClN5O2. The molecule has 8 heteroatoms. The summed E-state index contributed by atoms with van der Waals surface area (Å²) < 4.78 is 10.7. The molecule has 1 aromatic carbocycles. The largest absolute Gasteiger partial charge is 0.493 e. The summed E-state index contributed by atoms with van der Waals surface area (Å²) in [5, 5.41) is 0.764. The highest BCUT2D eigenvalue weighted by Gasteiger charge is 2.24. The lowest BCUT2D eigenvalue weighted by atomic mass is 9.93. The van der Waals surface area contributed by atoms with E-state index >= 15 is 0 Å². The van der Waals surface area contributed by atoms with Gasteiger partial charge in [-0.25, -0.2) is 4.98 Å². The number of rotatable bonds is 4. The van der Waals surface area contributed by atoms with Gasteiger partial charge >= 0.3 is 0 Å². The molecule has 7 nitrogen and oxygen atoms in total. The average molecular weight is 402 g/mol. The van der Waals surface area contributed by atoms with Crippen LogP contribution in [0.25, 0.3) is 10.9 Å². The van der Waals surface area contributed by atoms with Crippen LogP contribution >= 0.6 is 12.4 Å². The van der Waals surface area contributed by atoms with E-state index in [0.717, 1.165) is 42.5 Å². The minimum atomic E-state index is 0. The van der Waals surface area contributed by atoms with Gasteiger partial charge in [0.15, 0.2) is 11.5 Å². The number of fused-ring (bicyclic) bond motifs is 1. The van der Waals surface area contributed by atoms with E-state index in [-0.39, 0.29) is 12.4 Å². The van der Waals surface area contributed by atoms with Crippen LogP contribution in [-0.2, 0) is 0 Å². The molecule has 0 spiro atoms. The maximum absolute atomic E-state index is 6.21. The third-order valence-electron chi connectivity index (χ3n) is 5.10. The van der Waals surface area contributed by atoms with Crippen molar-refractivity contribution in [1.82, 2.24) is 15.0 Å². The molecule has 0 amide bonds. The van der Waals surface area contributed by atoms with Crippen LogP contribution in [0.1, 0.15) is 24.5 Å². The van der Waals surface area contributed by atoms with Gasteiger partial charge < -0.3 is 20.1 Å². The molecule has 0 bridgehead atoms. The molecule has 1 fully saturated rings. The normalized spacial score (nSPS) is 14.6. The zero-order valence-electron chi connectivity index (χ0n) is 16.0. The van der Waals surface area contributed by atoms with Gasteiger partial charge in [0.1, 0.15) is 5.82 Å². The summed E-state index contributed by atoms with van der Waals surface area (Å²) in [7, 11) is 3.21. The first-order valence-corrected chi connectivity index (χ1v) is 9.04. The van der Waals surface area contributed by atoms with Gasteiger partial charge in [-0.15, -0.1) is 12.4 Å². The molecule has 0 aliphatic carbocycles. The lowest BCUT2D eigenvalue weighted by Crippen LogP contribution is -2.34. The number of halogens is 1. The molecule has 0 unspecified atom stereocenters. The Morgan fingerprint density at radius 2 is 1.75 bits per heavy atom. The van der Waals surface area contributed by atoms with E-state index in [0.29, 0.717) is 29.2 Å². The summed E-state index contributed by atoms with van der Waals surface area (Å²) in [6, 6.07) is 9.76. The summed E-state index contributed by atoms with van der Waals surface area (Å²) in [5.74, 6) is 2.83. The summed E-state index contributed by atoms with van der Waals surface area (Å²) >= 11 is 0. The second-order valence-electron chi connectivity index (χ2n) is 6.65. The molecule has 28 heavy (non-hydrogen) atoms. The van der Waals surface area contributed by atoms with Crippen LogP contribution in [0.2, 0.25) is 0 Å². The van der Waals surface area contributed by atoms with E-state index in [1.54, 1.807) is 14.2 Å². The van der Waals surface area contributed by atoms with Crippen LogP contribution in [0.3, 0.4) is 0 Å². The Morgan fingerprint density at radius 3 is 2.39 bits per heavy atom. The average Bonchev–Trinajstić information content (AvgIpc) is 2.73. The predicted molar refractivity (Wildman–Crippen MR) is 113 cm³/mol. The van der Waals surface area contributed by atoms with E-state index in [4.69, 9.17) is 20.2 Å². The van der Waals surface area contributed by atoms with Crippen LogP contribution in [0.4, 0.5) is 11.8 Å². The highest BCUT2D eigenvalue weighted by atomic mass is 35.5. The first kappa shape index (κ1) is 19.9. The number of nitrogens with two attached hydrogens (primary N) is 1. The molecular weight excluding hydrogens is 378 g/mol. The number of hydrogen-bond acceptors (Lipinski definition) is 7. The zero-order chi connectivity index (χ0) is 18.8. The summed E-state index contributed by atoms with van der Waals surface area (Å²) in [6.45, 7) is 1.75. The van der Waals surface area contributed by atoms with Crippen molar-refractivity contribution in [2.75, 3.05) is 37.9 Å². The van der Waals surface area contributed by atoms with Crippen molar-refractivity contribution in [1.29, 1.82) is 0 Å². The van der Waals surface area contributed by atoms with Gasteiger partial charge in [0, 0.05) is 42.4 Å². The molecule has 3 aromatic rings. The maximum Gasteiger partial charge on any atom is 0.227 e. The second-order valence-corrected chi connectivity index (χ2v) is 6.65. The summed E-state index contributed by atoms with van der Waals surface area (Å²) in [5.41, 5.74) is 8.12. The third kappa shape index (κ3) is 3.75. The number of benzene rings is 1. The monoisotopic (exact) mass is 401 g/mol. The second kappa shape index (κ2) is 8.48. The van der Waals surface area contributed by atoms with E-state index in [2.05, 4.69) is 20.9 Å². The molecule has 0 atom stereocenters. The number of piperidine rings is 1. The van der Waals surface area contributed by atoms with Gasteiger partial charge in [-0.3, -0.25) is 4.98 Å². The molecule has 1 saturated heterocycles. The number of pyridine rings is 1. The smallest absolute Gasteiger partial charge is 0.227 e. The number of aromatic nitrogens is 3. The highest BCUT2D eigenvalue weighted by molar-refractivity contribution is 5.91. The van der Waals surface area contributed by atoms with Crippen LogP contribution in [0.5, 0.6) is 11.5 Å². The molecule has 1 aliphatic rings. The number of methoxy groups -OCH3 is 2. The van der Waals surface area contributed by atoms with Crippen molar-refractivity contribution < 1.29 is 9.47 Å². The predicted octanol–water partition coefficient (Wildman–Crippen LogP) is 3.43. The Hall–Kier alpha value is -2.80. The van der Waals surface area contributed by atoms with Gasteiger partial charge in [0.25, 0.3) is 0 Å². The maximum atomic E-state index is 6.21. The molecule has 2 N–H and O–H groups in total. The van der Waals surface area contributed by atoms with Crippen LogP contribution < -0.4 is 20.1 Å². The number of hydrogen-bond donors (Lipinski definition) is 1. The Balaban J connectivity index is 0.00000225. The Bertz CT molecular complexity index is 946. The fourth-order valence-electron chi connectivity index (χ4n) is 3.60. The highest BCUT2D eigenvalue weighted by Crippen LogP contribution is 2.35. The molecule has 1 aliphatic heterocycles. The number of nitrogen functional groups attached to an aromatic ring is 1. The van der Waals surface area contributed by atoms with E-state index in [1.165, 1.54) is 0 Å². The number of ether oxygens (including phenoxy) is 2. The van der Waals surface area contributed by atoms with Crippen molar-refractivity contribution in [2.45, 2.75) is 18.8 Å². The lowest BCUT2D eigenvalue weighted by Gasteiger charge is -2.32. The van der Waals surface area contributed by atoms with Crippen molar-refractivity contribution in [2.24, 2.45) is 0 Å². The van der Waals surface area contributed by atoms with Crippen molar-refractivity contribution in [3.8, 4) is 11.5 Å². The number of nitrogens with zero attached hydrogens (tertiary/aromatic N) is 4. The van der Waals surface area contributed by atoms with Crippen molar-refractivity contribution in [3.63, 3.8) is 0 Å². The fraction of sp³-hybridized carbons (Fsp3) is 0.350. The molecule has 3 heterocycles. The van der Waals surface area contributed by atoms with Gasteiger partial charge in [-0.05, 0) is 31.0 Å². The van der Waals surface area contributed by atoms with Gasteiger partial charge in [0.05, 0.1) is 19.7 Å². The Labute approximate surface area is 170 Å². The van der Waals surface area contributed by atoms with Gasteiger partial charge in [-0.2, -0.15) is 4.98 Å². The fourth-order valence-corrected chi connectivity index (χ4v) is 3.60. The van der Waals surface area contributed by atoms with E-state index in [1.807, 2.05) is 30.5 Å². The van der Waals surface area contributed by atoms with Gasteiger partial charge in [-0.1, -0.05) is 6.07 Å². The van der Waals surface area contributed by atoms with Crippen molar-refractivity contribution in [3.05, 3.63) is 42.2 Å². The lowest BCUT2D eigenvalue weighted by molar-refractivity contribution is 0.356. The Morgan fingerprint density at radius 1 is 1.04 bits per heavy atom. The zero-order valence-corrected chi connectivity index (χ0v) is 16.8. The SMILES string of the molecule is COc1cc2nc(N3CCC(c4ccccn4)CC3)nc(N)c2cc1OC.Cl. The topological polar surface area (TPSA) is 86.4 Å². The standard InChI is InChI=1S/C20H23N5O2.ClH/c1-26-17-11-14-16(12-18(17)27-2)23-20(24-19(14)21)25-9-6-13(7-10-25)15-5-3-4-8-22-15;/h3-5,8,11-13H,6-7,9-10H2,1-2H3,(H2,21,23,24);1H. The van der Waals surface area contributed by atoms with Crippen molar-refractivity contribution >= 4 is 35.1 Å². The first-order chi connectivity index (χ1) is 13.2.